The van der Waals surface area contributed by atoms with Crippen molar-refractivity contribution in [3.8, 4) is 5.75 Å². The monoisotopic (exact) mass is 382 g/mol. The second kappa shape index (κ2) is 7.76. The van der Waals surface area contributed by atoms with E-state index in [9.17, 15) is 13.2 Å². The topological polar surface area (TPSA) is 75.7 Å². The summed E-state index contributed by atoms with van der Waals surface area (Å²) < 4.78 is 30.4. The predicted octanol–water partition coefficient (Wildman–Crippen LogP) is 3.06. The molecule has 2 aromatic rings. The van der Waals surface area contributed by atoms with Crippen LogP contribution in [0.4, 0.5) is 11.4 Å². The number of nitrogens with one attached hydrogen (secondary N) is 1. The minimum absolute atomic E-state index is 0.355. The van der Waals surface area contributed by atoms with Crippen LogP contribution < -0.4 is 14.4 Å². The first kappa shape index (κ1) is 19.1. The average Bonchev–Trinajstić information content (AvgIpc) is 2.55. The summed E-state index contributed by atoms with van der Waals surface area (Å²) in [6, 6.07) is 11.6. The summed E-state index contributed by atoms with van der Waals surface area (Å²) in [5.74, 6) is 0.195. The van der Waals surface area contributed by atoms with Gasteiger partial charge in [0.05, 0.1) is 19.1 Å². The number of aryl methyl sites for hydroxylation is 1. The molecule has 6 nitrogen and oxygen atoms in total. The van der Waals surface area contributed by atoms with Crippen LogP contribution in [-0.4, -0.2) is 34.2 Å². The first-order valence-electron chi connectivity index (χ1n) is 7.38. The predicted molar refractivity (Wildman–Crippen MR) is 100 cm³/mol. The van der Waals surface area contributed by atoms with Gasteiger partial charge < -0.3 is 10.1 Å². The fraction of sp³-hybridized carbons (Fsp3) is 0.235. The highest BCUT2D eigenvalue weighted by Crippen LogP contribution is 2.26. The molecule has 0 aliphatic heterocycles. The van der Waals surface area contributed by atoms with Crippen molar-refractivity contribution < 1.29 is 17.9 Å². The zero-order chi connectivity index (χ0) is 18.6. The lowest BCUT2D eigenvalue weighted by Gasteiger charge is -2.23. The van der Waals surface area contributed by atoms with Crippen molar-refractivity contribution in [2.75, 3.05) is 29.5 Å². The molecule has 0 saturated heterocycles. The number of hydrogen-bond donors (Lipinski definition) is 1. The Labute approximate surface area is 152 Å². The zero-order valence-electron chi connectivity index (χ0n) is 14.1. The second-order valence-corrected chi connectivity index (χ2v) is 7.82. The van der Waals surface area contributed by atoms with Gasteiger partial charge in [-0.05, 0) is 48.9 Å². The zero-order valence-corrected chi connectivity index (χ0v) is 15.7. The van der Waals surface area contributed by atoms with Crippen LogP contribution in [0.5, 0.6) is 5.75 Å². The minimum atomic E-state index is -3.66. The molecule has 0 bridgehead atoms. The maximum Gasteiger partial charge on any atom is 0.245 e. The molecule has 1 amide bonds. The molecule has 0 fully saturated rings. The molecule has 134 valence electrons. The van der Waals surface area contributed by atoms with E-state index in [0.717, 1.165) is 10.6 Å². The molecule has 2 aromatic carbocycles. The summed E-state index contributed by atoms with van der Waals surface area (Å²) in [5.41, 5.74) is 1.62. The van der Waals surface area contributed by atoms with E-state index in [1.807, 2.05) is 0 Å². The van der Waals surface area contributed by atoms with Gasteiger partial charge in [0.15, 0.2) is 0 Å². The van der Waals surface area contributed by atoms with Crippen LogP contribution in [0.25, 0.3) is 0 Å². The van der Waals surface area contributed by atoms with Gasteiger partial charge in [0.25, 0.3) is 0 Å². The highest BCUT2D eigenvalue weighted by molar-refractivity contribution is 7.92. The van der Waals surface area contributed by atoms with Crippen LogP contribution in [0.2, 0.25) is 5.02 Å². The Morgan fingerprint density at radius 2 is 1.84 bits per heavy atom. The van der Waals surface area contributed by atoms with Gasteiger partial charge in [-0.1, -0.05) is 17.7 Å². The number of nitrogens with zero attached hydrogens (tertiary/aromatic N) is 1. The number of rotatable bonds is 6. The molecule has 0 aliphatic rings. The van der Waals surface area contributed by atoms with E-state index < -0.39 is 15.9 Å². The lowest BCUT2D eigenvalue weighted by atomic mass is 10.2. The molecule has 25 heavy (non-hydrogen) atoms. The first-order chi connectivity index (χ1) is 11.7. The van der Waals surface area contributed by atoms with Crippen LogP contribution in [-0.2, 0) is 14.8 Å². The number of hydrogen-bond acceptors (Lipinski definition) is 4. The van der Waals surface area contributed by atoms with Gasteiger partial charge in [0, 0.05) is 10.7 Å². The molecule has 2 rings (SSSR count). The lowest BCUT2D eigenvalue weighted by Crippen LogP contribution is -2.37. The lowest BCUT2D eigenvalue weighted by molar-refractivity contribution is -0.114. The maximum absolute atomic E-state index is 12.3. The van der Waals surface area contributed by atoms with Crippen LogP contribution in [0.15, 0.2) is 42.5 Å². The van der Waals surface area contributed by atoms with Crippen molar-refractivity contribution in [1.82, 2.24) is 0 Å². The van der Waals surface area contributed by atoms with Gasteiger partial charge >= 0.3 is 0 Å². The van der Waals surface area contributed by atoms with Crippen LogP contribution in [0.3, 0.4) is 0 Å². The molecule has 0 aromatic heterocycles. The summed E-state index contributed by atoms with van der Waals surface area (Å²) in [7, 11) is -2.11. The highest BCUT2D eigenvalue weighted by atomic mass is 35.5. The molecule has 0 atom stereocenters. The minimum Gasteiger partial charge on any atom is -0.497 e. The van der Waals surface area contributed by atoms with Crippen LogP contribution >= 0.6 is 11.6 Å². The number of halogens is 1. The van der Waals surface area contributed by atoms with Crippen molar-refractivity contribution in [1.29, 1.82) is 0 Å². The number of methoxy groups -OCH3 is 1. The summed E-state index contributed by atoms with van der Waals surface area (Å²) in [4.78, 5) is 12.3. The number of carbonyl (C=O) groups excluding carboxylic acids is 1. The molecule has 0 radical (unpaired) electrons. The SMILES string of the molecule is COc1ccc(NC(=O)CN(c2cc(Cl)ccc2C)S(C)(=O)=O)cc1. The third kappa shape index (κ3) is 5.11. The summed E-state index contributed by atoms with van der Waals surface area (Å²) in [5, 5.41) is 3.06. The Kier molecular flexibility index (Phi) is 5.92. The van der Waals surface area contributed by atoms with Gasteiger partial charge in [-0.2, -0.15) is 0 Å². The fourth-order valence-corrected chi connectivity index (χ4v) is 3.31. The normalized spacial score (nSPS) is 11.0. The molecule has 0 unspecified atom stereocenters. The van der Waals surface area contributed by atoms with Gasteiger partial charge in [-0.15, -0.1) is 0 Å². The third-order valence-corrected chi connectivity index (χ3v) is 4.86. The molecular weight excluding hydrogens is 364 g/mol. The Bertz CT molecular complexity index is 867. The Morgan fingerprint density at radius 3 is 2.40 bits per heavy atom. The third-order valence-electron chi connectivity index (χ3n) is 3.50. The first-order valence-corrected chi connectivity index (χ1v) is 9.61. The number of anilines is 2. The van der Waals surface area contributed by atoms with Gasteiger partial charge in [0.1, 0.15) is 12.3 Å². The number of amides is 1. The summed E-state index contributed by atoms with van der Waals surface area (Å²) >= 11 is 5.97. The molecule has 8 heteroatoms. The second-order valence-electron chi connectivity index (χ2n) is 5.48. The Balaban J connectivity index is 2.22. The molecule has 1 N–H and O–H groups in total. The summed E-state index contributed by atoms with van der Waals surface area (Å²) in [6.45, 7) is 1.40. The quantitative estimate of drug-likeness (QED) is 0.833. The van der Waals surface area contributed by atoms with Crippen molar-refractivity contribution >= 4 is 38.9 Å². The van der Waals surface area contributed by atoms with Crippen molar-refractivity contribution in [3.63, 3.8) is 0 Å². The van der Waals surface area contributed by atoms with Crippen LogP contribution in [0, 0.1) is 6.92 Å². The molecule has 0 heterocycles. The molecule has 0 aliphatic carbocycles. The summed E-state index contributed by atoms with van der Waals surface area (Å²) in [6.07, 6.45) is 1.05. The van der Waals surface area contributed by atoms with Crippen molar-refractivity contribution in [2.24, 2.45) is 0 Å². The standard InChI is InChI=1S/C17H19ClN2O4S/c1-12-4-5-13(18)10-16(12)20(25(3,22)23)11-17(21)19-14-6-8-15(24-2)9-7-14/h4-10H,11H2,1-3H3,(H,19,21). The fourth-order valence-electron chi connectivity index (χ4n) is 2.24. The Hall–Kier alpha value is -2.25. The number of benzene rings is 2. The van der Waals surface area contributed by atoms with E-state index in [4.69, 9.17) is 16.3 Å². The highest BCUT2D eigenvalue weighted by Gasteiger charge is 2.22. The molecule has 0 spiro atoms. The number of ether oxygens (including phenoxy) is 1. The molecule has 0 saturated carbocycles. The van der Waals surface area contributed by atoms with Gasteiger partial charge in [-0.3, -0.25) is 9.10 Å². The number of sulfonamides is 1. The largest absolute Gasteiger partial charge is 0.497 e. The van der Waals surface area contributed by atoms with E-state index in [1.165, 1.54) is 6.07 Å². The van der Waals surface area contributed by atoms with Crippen LogP contribution in [0.1, 0.15) is 5.56 Å². The van der Waals surface area contributed by atoms with E-state index in [1.54, 1.807) is 50.4 Å². The van der Waals surface area contributed by atoms with E-state index >= 15 is 0 Å². The van der Waals surface area contributed by atoms with Crippen molar-refractivity contribution in [2.45, 2.75) is 6.92 Å². The van der Waals surface area contributed by atoms with E-state index in [-0.39, 0.29) is 6.54 Å². The Morgan fingerprint density at radius 1 is 1.20 bits per heavy atom. The molecular formula is C17H19ClN2O4S. The maximum atomic E-state index is 12.3. The van der Waals surface area contributed by atoms with E-state index in [2.05, 4.69) is 5.32 Å². The van der Waals surface area contributed by atoms with E-state index in [0.29, 0.717) is 27.7 Å². The smallest absolute Gasteiger partial charge is 0.245 e. The van der Waals surface area contributed by atoms with Gasteiger partial charge in [0.2, 0.25) is 15.9 Å². The van der Waals surface area contributed by atoms with Gasteiger partial charge in [-0.25, -0.2) is 8.42 Å². The number of carbonyl (C=O) groups is 1. The average molecular weight is 383 g/mol. The van der Waals surface area contributed by atoms with Crippen molar-refractivity contribution in [3.05, 3.63) is 53.1 Å².